The van der Waals surface area contributed by atoms with Crippen LogP contribution in [0.2, 0.25) is 0 Å². The third-order valence-electron chi connectivity index (χ3n) is 4.70. The molecular formula is C19H20N2O3S2. The number of amides is 1. The molecular weight excluding hydrogens is 368 g/mol. The van der Waals surface area contributed by atoms with Gasteiger partial charge >= 0.3 is 0 Å². The largest absolute Gasteiger partial charge is 0.312 e. The van der Waals surface area contributed by atoms with Gasteiger partial charge in [-0.05, 0) is 42.9 Å². The van der Waals surface area contributed by atoms with Crippen molar-refractivity contribution in [2.45, 2.75) is 38.0 Å². The van der Waals surface area contributed by atoms with E-state index in [2.05, 4.69) is 18.3 Å². The molecule has 1 amide bonds. The molecule has 0 saturated heterocycles. The summed E-state index contributed by atoms with van der Waals surface area (Å²) in [4.78, 5) is 13.9. The Bertz CT molecular complexity index is 1000. The van der Waals surface area contributed by atoms with Crippen LogP contribution in [0.4, 0.5) is 5.00 Å². The van der Waals surface area contributed by atoms with Crippen LogP contribution < -0.4 is 5.32 Å². The van der Waals surface area contributed by atoms with Gasteiger partial charge < -0.3 is 5.32 Å². The van der Waals surface area contributed by atoms with E-state index in [1.165, 1.54) is 23.5 Å². The van der Waals surface area contributed by atoms with Crippen LogP contribution >= 0.6 is 11.3 Å². The van der Waals surface area contributed by atoms with Crippen LogP contribution in [0.3, 0.4) is 0 Å². The second-order valence-corrected chi connectivity index (χ2v) is 9.87. The SMILES string of the molecule is CCS(=O)(=O)c1ccccc1C(=O)Nc1sc2c(c1C#N)CC[C@H](C)C2. The molecule has 7 heteroatoms. The van der Waals surface area contributed by atoms with Gasteiger partial charge in [-0.3, -0.25) is 4.79 Å². The lowest BCUT2D eigenvalue weighted by molar-refractivity contribution is 0.102. The van der Waals surface area contributed by atoms with Gasteiger partial charge in [0.05, 0.1) is 21.8 Å². The van der Waals surface area contributed by atoms with Crippen LogP contribution in [0.15, 0.2) is 29.2 Å². The van der Waals surface area contributed by atoms with Gasteiger partial charge in [0.2, 0.25) is 0 Å². The van der Waals surface area contributed by atoms with Crippen LogP contribution in [0.25, 0.3) is 0 Å². The molecule has 2 aromatic rings. The van der Waals surface area contributed by atoms with Crippen molar-refractivity contribution in [3.63, 3.8) is 0 Å². The van der Waals surface area contributed by atoms with Crippen LogP contribution in [0.5, 0.6) is 0 Å². The van der Waals surface area contributed by atoms with Gasteiger partial charge in [-0.25, -0.2) is 8.42 Å². The van der Waals surface area contributed by atoms with Crippen LogP contribution in [-0.4, -0.2) is 20.1 Å². The summed E-state index contributed by atoms with van der Waals surface area (Å²) < 4.78 is 24.5. The smallest absolute Gasteiger partial charge is 0.257 e. The Morgan fingerprint density at radius 1 is 1.38 bits per heavy atom. The Balaban J connectivity index is 1.97. The molecule has 0 saturated carbocycles. The normalized spacial score (nSPS) is 16.6. The summed E-state index contributed by atoms with van der Waals surface area (Å²) in [6, 6.07) is 8.39. The maximum Gasteiger partial charge on any atom is 0.257 e. The topological polar surface area (TPSA) is 87.0 Å². The number of nitrogens with zero attached hydrogens (tertiary/aromatic N) is 1. The van der Waals surface area contributed by atoms with Gasteiger partial charge in [0.25, 0.3) is 5.91 Å². The zero-order valence-electron chi connectivity index (χ0n) is 14.7. The fourth-order valence-electron chi connectivity index (χ4n) is 3.21. The lowest BCUT2D eigenvalue weighted by Crippen LogP contribution is -2.17. The summed E-state index contributed by atoms with van der Waals surface area (Å²) in [5, 5.41) is 12.8. The highest BCUT2D eigenvalue weighted by Crippen LogP contribution is 2.39. The van der Waals surface area contributed by atoms with Gasteiger partial charge in [0.1, 0.15) is 11.1 Å². The minimum atomic E-state index is -3.51. The number of carbonyl (C=O) groups is 1. The number of thiophene rings is 1. The molecule has 0 unspecified atom stereocenters. The minimum absolute atomic E-state index is 0.0217. The van der Waals surface area contributed by atoms with E-state index in [-0.39, 0.29) is 16.2 Å². The Hall–Kier alpha value is -2.17. The third-order valence-corrected chi connectivity index (χ3v) is 7.65. The summed E-state index contributed by atoms with van der Waals surface area (Å²) in [7, 11) is -3.51. The van der Waals surface area contributed by atoms with Crippen LogP contribution in [0.1, 0.15) is 46.6 Å². The number of nitrogens with one attached hydrogen (secondary N) is 1. The maximum atomic E-state index is 12.8. The molecule has 0 aliphatic heterocycles. The molecule has 136 valence electrons. The first-order valence-corrected chi connectivity index (χ1v) is 11.0. The van der Waals surface area contributed by atoms with E-state index >= 15 is 0 Å². The molecule has 26 heavy (non-hydrogen) atoms. The van der Waals surface area contributed by atoms with Gasteiger partial charge in [-0.1, -0.05) is 26.0 Å². The molecule has 1 aromatic heterocycles. The molecule has 1 atom stereocenters. The molecule has 0 radical (unpaired) electrons. The van der Waals surface area contributed by atoms with E-state index < -0.39 is 15.7 Å². The van der Waals surface area contributed by atoms with Crippen LogP contribution in [0, 0.1) is 17.2 Å². The van der Waals surface area contributed by atoms with Gasteiger partial charge in [-0.2, -0.15) is 5.26 Å². The average molecular weight is 389 g/mol. The predicted molar refractivity (Wildman–Crippen MR) is 102 cm³/mol. The number of anilines is 1. The monoisotopic (exact) mass is 388 g/mol. The van der Waals surface area contributed by atoms with E-state index in [1.54, 1.807) is 19.1 Å². The number of rotatable bonds is 4. The van der Waals surface area contributed by atoms with Crippen molar-refractivity contribution in [1.82, 2.24) is 0 Å². The quantitative estimate of drug-likeness (QED) is 0.863. The Morgan fingerprint density at radius 2 is 2.12 bits per heavy atom. The van der Waals surface area contributed by atoms with Gasteiger partial charge in [-0.15, -0.1) is 11.3 Å². The number of fused-ring (bicyclic) bond motifs is 1. The first-order chi connectivity index (χ1) is 12.4. The first-order valence-electron chi connectivity index (χ1n) is 8.55. The molecule has 1 heterocycles. The molecule has 5 nitrogen and oxygen atoms in total. The van der Waals surface area contributed by atoms with Gasteiger partial charge in [0.15, 0.2) is 9.84 Å². The molecule has 1 aliphatic carbocycles. The molecule has 0 bridgehead atoms. The summed E-state index contributed by atoms with van der Waals surface area (Å²) in [6.07, 6.45) is 2.78. The maximum absolute atomic E-state index is 12.8. The number of carbonyl (C=O) groups excluding carboxylic acids is 1. The summed E-state index contributed by atoms with van der Waals surface area (Å²) in [5.41, 5.74) is 1.65. The predicted octanol–water partition coefficient (Wildman–Crippen LogP) is 3.79. The Labute approximate surface area is 157 Å². The number of hydrogen-bond donors (Lipinski definition) is 1. The highest BCUT2D eigenvalue weighted by atomic mass is 32.2. The van der Waals surface area contributed by atoms with Crippen molar-refractivity contribution in [2.75, 3.05) is 11.1 Å². The second kappa shape index (κ2) is 7.22. The number of sulfone groups is 1. The summed E-state index contributed by atoms with van der Waals surface area (Å²) >= 11 is 1.43. The lowest BCUT2D eigenvalue weighted by atomic mass is 9.88. The highest BCUT2D eigenvalue weighted by molar-refractivity contribution is 7.91. The van der Waals surface area contributed by atoms with Crippen molar-refractivity contribution >= 4 is 32.1 Å². The molecule has 1 aromatic carbocycles. The summed E-state index contributed by atoms with van der Waals surface area (Å²) in [5.74, 6) is -0.0150. The number of benzene rings is 1. The molecule has 1 N–H and O–H groups in total. The fourth-order valence-corrected chi connectivity index (χ4v) is 5.66. The third kappa shape index (κ3) is 3.39. The first kappa shape index (κ1) is 18.6. The number of hydrogen-bond acceptors (Lipinski definition) is 5. The highest BCUT2D eigenvalue weighted by Gasteiger charge is 2.26. The zero-order chi connectivity index (χ0) is 18.9. The molecule has 3 rings (SSSR count). The van der Waals surface area contributed by atoms with Gasteiger partial charge in [0, 0.05) is 4.88 Å². The van der Waals surface area contributed by atoms with E-state index in [1.807, 2.05) is 0 Å². The Morgan fingerprint density at radius 3 is 2.81 bits per heavy atom. The van der Waals surface area contributed by atoms with E-state index in [4.69, 9.17) is 0 Å². The van der Waals surface area contributed by atoms with Crippen molar-refractivity contribution in [2.24, 2.45) is 5.92 Å². The lowest BCUT2D eigenvalue weighted by Gasteiger charge is -2.17. The Kier molecular flexibility index (Phi) is 5.17. The van der Waals surface area contributed by atoms with Crippen molar-refractivity contribution < 1.29 is 13.2 Å². The fraction of sp³-hybridized carbons (Fsp3) is 0.368. The number of nitriles is 1. The standard InChI is InChI=1S/C19H20N2O3S2/c1-3-26(23,24)17-7-5-4-6-14(17)18(22)21-19-15(11-20)13-9-8-12(2)10-16(13)25-19/h4-7,12H,3,8-10H2,1-2H3,(H,21,22)/t12-/m0/s1. The molecule has 0 spiro atoms. The molecule has 1 aliphatic rings. The van der Waals surface area contributed by atoms with E-state index in [0.29, 0.717) is 16.5 Å². The van der Waals surface area contributed by atoms with Crippen molar-refractivity contribution in [3.8, 4) is 6.07 Å². The molecule has 0 fully saturated rings. The van der Waals surface area contributed by atoms with Crippen molar-refractivity contribution in [1.29, 1.82) is 5.26 Å². The zero-order valence-corrected chi connectivity index (χ0v) is 16.3. The van der Waals surface area contributed by atoms with E-state index in [9.17, 15) is 18.5 Å². The van der Waals surface area contributed by atoms with E-state index in [0.717, 1.165) is 29.7 Å². The van der Waals surface area contributed by atoms with Crippen molar-refractivity contribution in [3.05, 3.63) is 45.8 Å². The van der Waals surface area contributed by atoms with Crippen LogP contribution in [-0.2, 0) is 22.7 Å². The average Bonchev–Trinajstić information content (AvgIpc) is 2.97. The minimum Gasteiger partial charge on any atom is -0.312 e. The second-order valence-electron chi connectivity index (χ2n) is 6.52. The summed E-state index contributed by atoms with van der Waals surface area (Å²) in [6.45, 7) is 3.73.